The predicted molar refractivity (Wildman–Crippen MR) is 91.9 cm³/mol. The van der Waals surface area contributed by atoms with Gasteiger partial charge in [-0.1, -0.05) is 30.3 Å². The Kier molecular flexibility index (Phi) is 6.31. The van der Waals surface area contributed by atoms with E-state index in [-0.39, 0.29) is 18.7 Å². The van der Waals surface area contributed by atoms with E-state index < -0.39 is 10.8 Å². The summed E-state index contributed by atoms with van der Waals surface area (Å²) in [6, 6.07) is 15.7. The molecule has 3 N–H and O–H groups in total. The smallest absolute Gasteiger partial charge is 0.319 e. The lowest BCUT2D eigenvalue weighted by Gasteiger charge is -2.17. The molecule has 0 bridgehead atoms. The fourth-order valence-corrected chi connectivity index (χ4v) is 2.66. The zero-order valence-electron chi connectivity index (χ0n) is 12.9. The van der Waals surface area contributed by atoms with Crippen molar-refractivity contribution in [3.8, 4) is 0 Å². The van der Waals surface area contributed by atoms with Crippen molar-refractivity contribution < 1.29 is 14.1 Å². The van der Waals surface area contributed by atoms with Crippen LogP contribution in [-0.2, 0) is 17.2 Å². The molecule has 0 spiro atoms. The summed E-state index contributed by atoms with van der Waals surface area (Å²) in [5.41, 5.74) is 1.65. The van der Waals surface area contributed by atoms with Crippen molar-refractivity contribution in [2.75, 3.05) is 18.2 Å². The molecular formula is C17H20N2O3S. The Hall–Kier alpha value is -2.18. The number of hydrogen-bond acceptors (Lipinski definition) is 3. The van der Waals surface area contributed by atoms with E-state index in [0.717, 1.165) is 5.56 Å². The first-order valence-corrected chi connectivity index (χ1v) is 8.80. The highest BCUT2D eigenvalue weighted by atomic mass is 32.2. The topological polar surface area (TPSA) is 78.4 Å². The van der Waals surface area contributed by atoms with Crippen LogP contribution in [0.3, 0.4) is 0 Å². The third-order valence-corrected chi connectivity index (χ3v) is 4.26. The summed E-state index contributed by atoms with van der Waals surface area (Å²) in [7, 11) is -1.04. The average molecular weight is 332 g/mol. The fraction of sp³-hybridized carbons (Fsp3) is 0.235. The molecule has 0 heterocycles. The van der Waals surface area contributed by atoms with E-state index in [0.29, 0.717) is 17.0 Å². The van der Waals surface area contributed by atoms with Crippen LogP contribution in [0.4, 0.5) is 10.5 Å². The number of hydrogen-bond donors (Lipinski definition) is 3. The first kappa shape index (κ1) is 17.2. The van der Waals surface area contributed by atoms with Gasteiger partial charge in [0.2, 0.25) is 0 Å². The minimum absolute atomic E-state index is 0.143. The number of urea groups is 1. The van der Waals surface area contributed by atoms with Crippen LogP contribution >= 0.6 is 0 Å². The molecule has 0 aliphatic rings. The average Bonchev–Trinajstić information content (AvgIpc) is 2.55. The predicted octanol–water partition coefficient (Wildman–Crippen LogP) is 2.15. The van der Waals surface area contributed by atoms with Crippen LogP contribution in [0.15, 0.2) is 59.5 Å². The lowest BCUT2D eigenvalue weighted by atomic mass is 10.1. The Morgan fingerprint density at radius 3 is 2.35 bits per heavy atom. The van der Waals surface area contributed by atoms with Gasteiger partial charge in [-0.25, -0.2) is 4.79 Å². The maximum atomic E-state index is 12.0. The number of carbonyl (C=O) groups is 1. The Morgan fingerprint density at radius 2 is 1.78 bits per heavy atom. The van der Waals surface area contributed by atoms with Crippen molar-refractivity contribution in [3.63, 3.8) is 0 Å². The van der Waals surface area contributed by atoms with Crippen LogP contribution < -0.4 is 10.6 Å². The molecule has 23 heavy (non-hydrogen) atoms. The van der Waals surface area contributed by atoms with E-state index in [9.17, 15) is 14.1 Å². The Bertz CT molecular complexity index is 659. The Morgan fingerprint density at radius 1 is 1.13 bits per heavy atom. The minimum atomic E-state index is -1.04. The van der Waals surface area contributed by atoms with Crippen LogP contribution in [0, 0.1) is 0 Å². The number of amides is 2. The first-order valence-electron chi connectivity index (χ1n) is 7.24. The van der Waals surface area contributed by atoms with Crippen LogP contribution in [0.2, 0.25) is 0 Å². The molecule has 0 saturated heterocycles. The second-order valence-electron chi connectivity index (χ2n) is 5.15. The summed E-state index contributed by atoms with van der Waals surface area (Å²) in [5, 5.41) is 14.9. The molecule has 0 aliphatic heterocycles. The van der Waals surface area contributed by atoms with Crippen molar-refractivity contribution in [2.24, 2.45) is 0 Å². The molecule has 0 aromatic heterocycles. The highest BCUT2D eigenvalue weighted by molar-refractivity contribution is 7.84. The quantitative estimate of drug-likeness (QED) is 0.758. The van der Waals surface area contributed by atoms with Crippen LogP contribution in [0.25, 0.3) is 0 Å². The second kappa shape index (κ2) is 8.45. The Labute approximate surface area is 138 Å². The number of nitrogens with one attached hydrogen (secondary N) is 2. The van der Waals surface area contributed by atoms with Gasteiger partial charge < -0.3 is 15.7 Å². The number of rotatable bonds is 6. The molecule has 6 heteroatoms. The van der Waals surface area contributed by atoms with Gasteiger partial charge in [0.15, 0.2) is 0 Å². The van der Waals surface area contributed by atoms with Crippen LogP contribution in [0.5, 0.6) is 0 Å². The molecule has 5 nitrogen and oxygen atoms in total. The molecule has 0 unspecified atom stereocenters. The lowest BCUT2D eigenvalue weighted by Crippen LogP contribution is -2.41. The summed E-state index contributed by atoms with van der Waals surface area (Å²) < 4.78 is 11.3. The Balaban J connectivity index is 1.90. The molecule has 0 fully saturated rings. The van der Waals surface area contributed by atoms with Gasteiger partial charge in [0, 0.05) is 27.6 Å². The van der Waals surface area contributed by atoms with Crippen molar-refractivity contribution >= 4 is 22.5 Å². The summed E-state index contributed by atoms with van der Waals surface area (Å²) >= 11 is 0. The van der Waals surface area contributed by atoms with Crippen molar-refractivity contribution in [2.45, 2.75) is 17.4 Å². The molecular weight excluding hydrogens is 312 g/mol. The van der Waals surface area contributed by atoms with Gasteiger partial charge in [0.1, 0.15) is 0 Å². The van der Waals surface area contributed by atoms with Gasteiger partial charge in [-0.15, -0.1) is 0 Å². The van der Waals surface area contributed by atoms with Crippen LogP contribution in [-0.4, -0.2) is 34.3 Å². The number of benzene rings is 2. The van der Waals surface area contributed by atoms with E-state index in [1.54, 1.807) is 30.5 Å². The summed E-state index contributed by atoms with van der Waals surface area (Å²) in [6.07, 6.45) is 2.16. The molecule has 122 valence electrons. The van der Waals surface area contributed by atoms with Gasteiger partial charge in [0.05, 0.1) is 12.6 Å². The third-order valence-electron chi connectivity index (χ3n) is 3.32. The summed E-state index contributed by atoms with van der Waals surface area (Å²) in [5.74, 6) is 0. The maximum Gasteiger partial charge on any atom is 0.319 e. The van der Waals surface area contributed by atoms with Gasteiger partial charge in [0.25, 0.3) is 0 Å². The number of carbonyl (C=O) groups excluding carboxylic acids is 1. The highest BCUT2D eigenvalue weighted by Crippen LogP contribution is 2.12. The molecule has 2 amide bonds. The van der Waals surface area contributed by atoms with E-state index in [1.807, 2.05) is 30.3 Å². The largest absolute Gasteiger partial charge is 0.394 e. The van der Waals surface area contributed by atoms with Gasteiger partial charge in [-0.3, -0.25) is 4.21 Å². The van der Waals surface area contributed by atoms with E-state index >= 15 is 0 Å². The number of aliphatic hydroxyl groups is 1. The van der Waals surface area contributed by atoms with E-state index in [2.05, 4.69) is 10.6 Å². The fourth-order valence-electron chi connectivity index (χ4n) is 2.14. The number of aliphatic hydroxyl groups excluding tert-OH is 1. The third kappa shape index (κ3) is 5.50. The van der Waals surface area contributed by atoms with Gasteiger partial charge in [-0.2, -0.15) is 0 Å². The van der Waals surface area contributed by atoms with Crippen LogP contribution in [0.1, 0.15) is 5.56 Å². The van der Waals surface area contributed by atoms with E-state index in [4.69, 9.17) is 0 Å². The van der Waals surface area contributed by atoms with Crippen molar-refractivity contribution in [1.82, 2.24) is 5.32 Å². The normalized spacial score (nSPS) is 13.1. The molecule has 2 rings (SSSR count). The molecule has 2 aromatic rings. The molecule has 2 aromatic carbocycles. The summed E-state index contributed by atoms with van der Waals surface area (Å²) in [4.78, 5) is 12.7. The molecule has 0 aliphatic carbocycles. The number of anilines is 1. The van der Waals surface area contributed by atoms with Gasteiger partial charge in [-0.05, 0) is 36.2 Å². The maximum absolute atomic E-state index is 12.0. The highest BCUT2D eigenvalue weighted by Gasteiger charge is 2.12. The molecule has 0 saturated carbocycles. The first-order chi connectivity index (χ1) is 11.1. The zero-order valence-corrected chi connectivity index (χ0v) is 13.7. The standard InChI is InChI=1S/C17H20N2O3S/c1-23(22)16-9-7-14(8-10-16)18-17(21)19-15(12-20)11-13-5-3-2-4-6-13/h2-10,15,20H,11-12H2,1H3,(H2,18,19,21)/t15-,23-/m1/s1. The van der Waals surface area contributed by atoms with Crippen molar-refractivity contribution in [1.29, 1.82) is 0 Å². The molecule has 0 radical (unpaired) electrons. The molecule has 2 atom stereocenters. The monoisotopic (exact) mass is 332 g/mol. The minimum Gasteiger partial charge on any atom is -0.394 e. The van der Waals surface area contributed by atoms with Gasteiger partial charge >= 0.3 is 6.03 Å². The van der Waals surface area contributed by atoms with E-state index in [1.165, 1.54) is 0 Å². The van der Waals surface area contributed by atoms with Crippen molar-refractivity contribution in [3.05, 3.63) is 60.2 Å². The second-order valence-corrected chi connectivity index (χ2v) is 6.53. The SMILES string of the molecule is C[S@@](=O)c1ccc(NC(=O)N[C@@H](CO)Cc2ccccc2)cc1. The summed E-state index contributed by atoms with van der Waals surface area (Å²) in [6.45, 7) is -0.143. The lowest BCUT2D eigenvalue weighted by molar-refractivity contribution is 0.224. The zero-order chi connectivity index (χ0) is 16.7.